The number of carbonyl (C=O) groups is 3. The van der Waals surface area contributed by atoms with Gasteiger partial charge < -0.3 is 15.2 Å². The van der Waals surface area contributed by atoms with Gasteiger partial charge in [0.15, 0.2) is 5.78 Å². The minimum absolute atomic E-state index is 0.00229. The highest BCUT2D eigenvalue weighted by atomic mass is 19.4. The molecule has 1 saturated heterocycles. The van der Waals surface area contributed by atoms with E-state index in [1.807, 2.05) is 0 Å². The molecule has 0 unspecified atom stereocenters. The smallest absolute Gasteiger partial charge is 0.416 e. The number of aliphatic hydroxyl groups is 1. The third-order valence-electron chi connectivity index (χ3n) is 5.09. The van der Waals surface area contributed by atoms with Gasteiger partial charge in [0, 0.05) is 18.8 Å². The first-order valence-corrected chi connectivity index (χ1v) is 8.63. The van der Waals surface area contributed by atoms with Crippen molar-refractivity contribution in [1.29, 1.82) is 0 Å². The maximum Gasteiger partial charge on any atom is 0.416 e. The molecule has 3 rings (SSSR count). The maximum absolute atomic E-state index is 13.2. The van der Waals surface area contributed by atoms with Crippen LogP contribution >= 0.6 is 0 Å². The number of hydrogen-bond acceptors (Lipinski definition) is 5. The van der Waals surface area contributed by atoms with E-state index in [4.69, 9.17) is 4.74 Å². The second-order valence-electron chi connectivity index (χ2n) is 6.89. The van der Waals surface area contributed by atoms with E-state index in [1.165, 1.54) is 6.92 Å². The number of Topliss-reactive ketones (excluding diaryl/α,β-unsaturated/α-hetero) is 2. The van der Waals surface area contributed by atoms with Crippen LogP contribution < -0.4 is 5.32 Å². The summed E-state index contributed by atoms with van der Waals surface area (Å²) in [5, 5.41) is 12.8. The predicted octanol–water partition coefficient (Wildman–Crippen LogP) is 2.31. The summed E-state index contributed by atoms with van der Waals surface area (Å²) >= 11 is 0. The van der Waals surface area contributed by atoms with Gasteiger partial charge >= 0.3 is 6.18 Å². The van der Waals surface area contributed by atoms with Gasteiger partial charge in [0.25, 0.3) is 5.91 Å². The van der Waals surface area contributed by atoms with Crippen LogP contribution in [0.4, 0.5) is 13.2 Å². The summed E-state index contributed by atoms with van der Waals surface area (Å²) in [6.45, 7) is 1.17. The number of fused-ring (bicyclic) bond motifs is 2. The summed E-state index contributed by atoms with van der Waals surface area (Å²) in [6, 6.07) is 2.72. The van der Waals surface area contributed by atoms with Crippen LogP contribution in [-0.2, 0) is 30.7 Å². The van der Waals surface area contributed by atoms with Crippen molar-refractivity contribution >= 4 is 23.2 Å². The topological polar surface area (TPSA) is 92.7 Å². The molecular formula is C19H18F3NO5. The van der Waals surface area contributed by atoms with Crippen molar-refractivity contribution in [2.24, 2.45) is 0 Å². The van der Waals surface area contributed by atoms with Crippen LogP contribution in [0.15, 0.2) is 23.8 Å². The summed E-state index contributed by atoms with van der Waals surface area (Å²) in [6.07, 6.45) is -4.46. The number of rotatable bonds is 3. The van der Waals surface area contributed by atoms with Crippen LogP contribution in [0.25, 0.3) is 5.76 Å². The second-order valence-corrected chi connectivity index (χ2v) is 6.89. The zero-order chi connectivity index (χ0) is 20.7. The average molecular weight is 397 g/mol. The lowest BCUT2D eigenvalue weighted by molar-refractivity contribution is -0.138. The molecule has 2 aliphatic rings. The third-order valence-corrected chi connectivity index (χ3v) is 5.09. The lowest BCUT2D eigenvalue weighted by Gasteiger charge is -2.40. The Morgan fingerprint density at radius 2 is 1.89 bits per heavy atom. The molecule has 1 aliphatic carbocycles. The molecule has 6 nitrogen and oxygen atoms in total. The van der Waals surface area contributed by atoms with E-state index in [0.717, 1.165) is 18.2 Å². The van der Waals surface area contributed by atoms with E-state index >= 15 is 0 Å². The molecular weight excluding hydrogens is 379 g/mol. The molecule has 0 bridgehead atoms. The molecule has 0 aromatic heterocycles. The minimum Gasteiger partial charge on any atom is -0.506 e. The Hall–Kier alpha value is -2.68. The van der Waals surface area contributed by atoms with Gasteiger partial charge in [-0.2, -0.15) is 13.2 Å². The average Bonchev–Trinajstić information content (AvgIpc) is 2.64. The number of benzene rings is 1. The molecule has 1 spiro atoms. The number of alkyl halides is 3. The van der Waals surface area contributed by atoms with E-state index in [0.29, 0.717) is 0 Å². The normalized spacial score (nSPS) is 18.8. The van der Waals surface area contributed by atoms with E-state index in [9.17, 15) is 32.7 Å². The second kappa shape index (κ2) is 7.05. The summed E-state index contributed by atoms with van der Waals surface area (Å²) < 4.78 is 44.9. The highest BCUT2D eigenvalue weighted by Crippen LogP contribution is 2.47. The van der Waals surface area contributed by atoms with Crippen LogP contribution in [-0.4, -0.2) is 42.3 Å². The fourth-order valence-electron chi connectivity index (χ4n) is 3.65. The predicted molar refractivity (Wildman–Crippen MR) is 91.4 cm³/mol. The highest BCUT2D eigenvalue weighted by molar-refractivity contribution is 6.28. The van der Waals surface area contributed by atoms with Gasteiger partial charge in [-0.3, -0.25) is 14.4 Å². The van der Waals surface area contributed by atoms with Crippen LogP contribution in [0.2, 0.25) is 0 Å². The summed E-state index contributed by atoms with van der Waals surface area (Å²) in [7, 11) is 0. The minimum atomic E-state index is -4.62. The van der Waals surface area contributed by atoms with Gasteiger partial charge in [0.1, 0.15) is 17.1 Å². The Morgan fingerprint density at radius 3 is 2.46 bits per heavy atom. The summed E-state index contributed by atoms with van der Waals surface area (Å²) in [5.74, 6) is -2.74. The van der Waals surface area contributed by atoms with Crippen LogP contribution in [0.1, 0.15) is 36.5 Å². The van der Waals surface area contributed by atoms with Gasteiger partial charge in [-0.05, 0) is 37.5 Å². The number of halogens is 3. The lowest BCUT2D eigenvalue weighted by Crippen LogP contribution is -2.48. The molecule has 150 valence electrons. The molecule has 1 aromatic rings. The molecule has 1 aromatic carbocycles. The van der Waals surface area contributed by atoms with Gasteiger partial charge in [0.05, 0.1) is 17.5 Å². The number of ketones is 2. The van der Waals surface area contributed by atoms with Crippen molar-refractivity contribution in [3.63, 3.8) is 0 Å². The van der Waals surface area contributed by atoms with Gasteiger partial charge in [0.2, 0.25) is 0 Å². The first kappa shape index (κ1) is 20.1. The standard InChI is InChI=1S/C19H18F3NO5/c1-10(24)9-23-17(27)14-15(25)12-3-2-11(19(20,21)22)8-13(12)18(16(14)26)4-6-28-7-5-18/h2-3,8,25H,4-7,9H2,1H3,(H,23,27). The quantitative estimate of drug-likeness (QED) is 0.764. The van der Waals surface area contributed by atoms with Crippen molar-refractivity contribution in [3.05, 3.63) is 40.5 Å². The molecule has 0 atom stereocenters. The van der Waals surface area contributed by atoms with Crippen LogP contribution in [0, 0.1) is 0 Å². The van der Waals surface area contributed by atoms with E-state index < -0.39 is 40.2 Å². The fourth-order valence-corrected chi connectivity index (χ4v) is 3.65. The van der Waals surface area contributed by atoms with Crippen molar-refractivity contribution in [1.82, 2.24) is 5.32 Å². The Labute approximate surface area is 158 Å². The molecule has 1 amide bonds. The Kier molecular flexibility index (Phi) is 5.05. The van der Waals surface area contributed by atoms with Gasteiger partial charge in [-0.15, -0.1) is 0 Å². The largest absolute Gasteiger partial charge is 0.506 e. The fraction of sp³-hybridized carbons (Fsp3) is 0.421. The molecule has 0 saturated carbocycles. The number of ether oxygens (including phenoxy) is 1. The number of carbonyl (C=O) groups excluding carboxylic acids is 3. The first-order valence-electron chi connectivity index (χ1n) is 8.63. The zero-order valence-electron chi connectivity index (χ0n) is 15.0. The molecule has 1 fully saturated rings. The third kappa shape index (κ3) is 3.30. The molecule has 0 radical (unpaired) electrons. The van der Waals surface area contributed by atoms with Gasteiger partial charge in [-0.25, -0.2) is 0 Å². The monoisotopic (exact) mass is 397 g/mol. The van der Waals surface area contributed by atoms with Crippen LogP contribution in [0.5, 0.6) is 0 Å². The zero-order valence-corrected chi connectivity index (χ0v) is 15.0. The number of amides is 1. The number of nitrogens with one attached hydrogen (secondary N) is 1. The Morgan fingerprint density at radius 1 is 1.25 bits per heavy atom. The highest BCUT2D eigenvalue weighted by Gasteiger charge is 2.51. The summed E-state index contributed by atoms with van der Waals surface area (Å²) in [4.78, 5) is 36.8. The van der Waals surface area contributed by atoms with E-state index in [1.54, 1.807) is 0 Å². The lowest BCUT2D eigenvalue weighted by atomic mass is 9.64. The van der Waals surface area contributed by atoms with Crippen molar-refractivity contribution in [3.8, 4) is 0 Å². The Bertz CT molecular complexity index is 882. The molecule has 9 heteroatoms. The molecule has 2 N–H and O–H groups in total. The van der Waals surface area contributed by atoms with E-state index in [2.05, 4.69) is 5.32 Å². The summed E-state index contributed by atoms with van der Waals surface area (Å²) in [5.41, 5.74) is -2.85. The first-order chi connectivity index (χ1) is 13.1. The number of hydrogen-bond donors (Lipinski definition) is 2. The number of aliphatic hydroxyl groups excluding tert-OH is 1. The van der Waals surface area contributed by atoms with Crippen molar-refractivity contribution in [2.45, 2.75) is 31.4 Å². The van der Waals surface area contributed by atoms with Crippen molar-refractivity contribution in [2.75, 3.05) is 19.8 Å². The van der Waals surface area contributed by atoms with Gasteiger partial charge in [-0.1, -0.05) is 6.07 Å². The van der Waals surface area contributed by atoms with Crippen molar-refractivity contribution < 1.29 is 37.4 Å². The Balaban J connectivity index is 2.18. The molecule has 28 heavy (non-hydrogen) atoms. The van der Waals surface area contributed by atoms with Crippen LogP contribution in [0.3, 0.4) is 0 Å². The van der Waals surface area contributed by atoms with E-state index in [-0.39, 0.29) is 49.5 Å². The molecule has 1 heterocycles. The molecule has 1 aliphatic heterocycles. The SMILES string of the molecule is CC(=O)CNC(=O)C1=C(O)c2ccc(C(F)(F)F)cc2C2(CCOCC2)C1=O. The maximum atomic E-state index is 13.2.